The van der Waals surface area contributed by atoms with Crippen LogP contribution in [0, 0.1) is 11.3 Å². The fraction of sp³-hybridized carbons (Fsp3) is 0.333. The topological polar surface area (TPSA) is 74.8 Å². The van der Waals surface area contributed by atoms with Crippen molar-refractivity contribution in [3.63, 3.8) is 0 Å². The first kappa shape index (κ1) is 15.8. The van der Waals surface area contributed by atoms with Crippen molar-refractivity contribution in [2.75, 3.05) is 13.2 Å². The minimum Gasteiger partial charge on any atom is -0.410 e. The average molecular weight is 298 g/mol. The number of nitrogens with zero attached hydrogens (tertiary/aromatic N) is 2. The van der Waals surface area contributed by atoms with Crippen LogP contribution in [0.25, 0.3) is 0 Å². The van der Waals surface area contributed by atoms with Crippen LogP contribution in [-0.4, -0.2) is 24.1 Å². The van der Waals surface area contributed by atoms with E-state index < -0.39 is 6.49 Å². The second kappa shape index (κ2) is 7.37. The van der Waals surface area contributed by atoms with Gasteiger partial charge in [-0.15, -0.1) is 0 Å². The summed E-state index contributed by atoms with van der Waals surface area (Å²) >= 11 is 5.49. The molecule has 1 aromatic carbocycles. The molecule has 1 aromatic rings. The molecule has 19 heavy (non-hydrogen) atoms. The lowest BCUT2D eigenvalue weighted by molar-refractivity contribution is 0.275. The Morgan fingerprint density at radius 1 is 1.37 bits per heavy atom. The van der Waals surface area contributed by atoms with Crippen LogP contribution in [0.1, 0.15) is 19.4 Å². The Kier molecular flexibility index (Phi) is 6.13. The zero-order valence-corrected chi connectivity index (χ0v) is 12.4. The number of nitriles is 1. The molecule has 102 valence electrons. The Bertz CT molecular complexity index is 544. The van der Waals surface area contributed by atoms with Gasteiger partial charge in [-0.25, -0.2) is 0 Å². The SMILES string of the molecule is CCOP(=S)(OCC)c1ccccc1C(C#N)=NO. The first-order chi connectivity index (χ1) is 9.12. The molecule has 0 atom stereocenters. The molecule has 0 aliphatic rings. The monoisotopic (exact) mass is 298 g/mol. The molecule has 0 radical (unpaired) electrons. The van der Waals surface area contributed by atoms with Gasteiger partial charge in [0.1, 0.15) is 6.07 Å². The predicted molar refractivity (Wildman–Crippen MR) is 77.5 cm³/mol. The number of benzene rings is 1. The minimum atomic E-state index is -2.70. The van der Waals surface area contributed by atoms with E-state index in [2.05, 4.69) is 5.16 Å². The van der Waals surface area contributed by atoms with Crippen molar-refractivity contribution >= 4 is 29.3 Å². The van der Waals surface area contributed by atoms with Crippen LogP contribution in [0.3, 0.4) is 0 Å². The largest absolute Gasteiger partial charge is 0.410 e. The molecule has 0 saturated heterocycles. The molecule has 1 N–H and O–H groups in total. The summed E-state index contributed by atoms with van der Waals surface area (Å²) in [7, 11) is 0. The van der Waals surface area contributed by atoms with Gasteiger partial charge in [-0.3, -0.25) is 0 Å². The highest BCUT2D eigenvalue weighted by atomic mass is 32.5. The van der Waals surface area contributed by atoms with Crippen molar-refractivity contribution in [2.24, 2.45) is 5.16 Å². The summed E-state index contributed by atoms with van der Waals surface area (Å²) in [6, 6.07) is 8.74. The fourth-order valence-corrected chi connectivity index (χ4v) is 4.45. The second-order valence-corrected chi connectivity index (χ2v) is 6.85. The summed E-state index contributed by atoms with van der Waals surface area (Å²) in [5.41, 5.74) is 0.335. The molecule has 0 heterocycles. The third-order valence-electron chi connectivity index (χ3n) is 2.26. The van der Waals surface area contributed by atoms with Gasteiger partial charge in [0.25, 0.3) is 0 Å². The van der Waals surface area contributed by atoms with Gasteiger partial charge < -0.3 is 14.3 Å². The van der Waals surface area contributed by atoms with Gasteiger partial charge in [0, 0.05) is 10.9 Å². The lowest BCUT2D eigenvalue weighted by Crippen LogP contribution is -2.18. The molecule has 0 spiro atoms. The molecule has 0 bridgehead atoms. The van der Waals surface area contributed by atoms with Crippen molar-refractivity contribution < 1.29 is 14.3 Å². The molecule has 0 amide bonds. The summed E-state index contributed by atoms with van der Waals surface area (Å²) in [6.45, 7) is 1.77. The van der Waals surface area contributed by atoms with E-state index in [1.54, 1.807) is 24.3 Å². The van der Waals surface area contributed by atoms with Crippen LogP contribution in [0.2, 0.25) is 0 Å². The van der Waals surface area contributed by atoms with Gasteiger partial charge in [0.2, 0.25) is 6.49 Å². The maximum absolute atomic E-state index is 8.99. The molecule has 7 heteroatoms. The van der Waals surface area contributed by atoms with Crippen LogP contribution in [0.5, 0.6) is 0 Å². The van der Waals surface area contributed by atoms with Crippen LogP contribution >= 0.6 is 6.49 Å². The van der Waals surface area contributed by atoms with E-state index in [0.717, 1.165) is 0 Å². The molecule has 1 rings (SSSR count). The summed E-state index contributed by atoms with van der Waals surface area (Å²) in [5.74, 6) is 0. The Balaban J connectivity index is 3.41. The normalized spacial score (nSPS) is 12.2. The van der Waals surface area contributed by atoms with Crippen LogP contribution in [0.4, 0.5) is 0 Å². The van der Waals surface area contributed by atoms with Crippen LogP contribution < -0.4 is 5.30 Å². The van der Waals surface area contributed by atoms with Gasteiger partial charge in [-0.2, -0.15) is 5.26 Å². The fourth-order valence-electron chi connectivity index (χ4n) is 1.57. The minimum absolute atomic E-state index is 0.107. The quantitative estimate of drug-likeness (QED) is 0.378. The van der Waals surface area contributed by atoms with E-state index in [1.165, 1.54) is 0 Å². The van der Waals surface area contributed by atoms with Crippen LogP contribution in [0.15, 0.2) is 29.4 Å². The Hall–Kier alpha value is -1.25. The number of hydrogen-bond acceptors (Lipinski definition) is 6. The molecule has 0 aliphatic heterocycles. The van der Waals surface area contributed by atoms with Gasteiger partial charge in [0.05, 0.1) is 13.2 Å². The standard InChI is InChI=1S/C12H15N2O3PS/c1-3-16-18(19,17-4-2)12-8-6-5-7-10(12)11(9-13)14-15/h5-8,15H,3-4H2,1-2H3. The van der Waals surface area contributed by atoms with Crippen molar-refractivity contribution in [1.82, 2.24) is 0 Å². The molecule has 0 aromatic heterocycles. The summed E-state index contributed by atoms with van der Waals surface area (Å²) in [6.07, 6.45) is 0. The summed E-state index contributed by atoms with van der Waals surface area (Å²) < 4.78 is 11.2. The molecule has 0 unspecified atom stereocenters. The number of rotatable bonds is 6. The van der Waals surface area contributed by atoms with E-state index in [1.807, 2.05) is 19.9 Å². The molecule has 0 aliphatic carbocycles. The van der Waals surface area contributed by atoms with Crippen molar-refractivity contribution in [1.29, 1.82) is 5.26 Å². The smallest absolute Gasteiger partial charge is 0.220 e. The Morgan fingerprint density at radius 3 is 2.42 bits per heavy atom. The van der Waals surface area contributed by atoms with Crippen molar-refractivity contribution in [3.05, 3.63) is 29.8 Å². The van der Waals surface area contributed by atoms with Gasteiger partial charge in [0.15, 0.2) is 5.71 Å². The van der Waals surface area contributed by atoms with E-state index in [9.17, 15) is 0 Å². The number of oxime groups is 1. The zero-order chi connectivity index (χ0) is 14.3. The maximum atomic E-state index is 8.99. The van der Waals surface area contributed by atoms with Gasteiger partial charge in [-0.05, 0) is 31.7 Å². The third kappa shape index (κ3) is 3.62. The summed E-state index contributed by atoms with van der Waals surface area (Å²) in [4.78, 5) is 0. The van der Waals surface area contributed by atoms with E-state index in [0.29, 0.717) is 24.1 Å². The maximum Gasteiger partial charge on any atom is 0.220 e. The second-order valence-electron chi connectivity index (χ2n) is 3.41. The lowest BCUT2D eigenvalue weighted by atomic mass is 10.1. The van der Waals surface area contributed by atoms with Crippen molar-refractivity contribution in [2.45, 2.75) is 13.8 Å². The Labute approximate surface area is 117 Å². The van der Waals surface area contributed by atoms with Crippen molar-refractivity contribution in [3.8, 4) is 6.07 Å². The third-order valence-corrected chi connectivity index (χ3v) is 5.66. The molecular weight excluding hydrogens is 283 g/mol. The average Bonchev–Trinajstić information content (AvgIpc) is 2.41. The molecule has 0 fully saturated rings. The highest BCUT2D eigenvalue weighted by molar-refractivity contribution is 8.13. The predicted octanol–water partition coefficient (Wildman–Crippen LogP) is 2.40. The zero-order valence-electron chi connectivity index (χ0n) is 10.7. The van der Waals surface area contributed by atoms with Gasteiger partial charge in [-0.1, -0.05) is 23.4 Å². The summed E-state index contributed by atoms with van der Waals surface area (Å²) in [5, 5.41) is 21.5. The van der Waals surface area contributed by atoms with Crippen LogP contribution in [-0.2, 0) is 20.9 Å². The number of hydrogen-bond donors (Lipinski definition) is 1. The van der Waals surface area contributed by atoms with E-state index >= 15 is 0 Å². The highest BCUT2D eigenvalue weighted by Gasteiger charge is 2.26. The molecule has 0 saturated carbocycles. The van der Waals surface area contributed by atoms with E-state index in [4.69, 9.17) is 31.3 Å². The molecular formula is C12H15N2O3PS. The van der Waals surface area contributed by atoms with E-state index in [-0.39, 0.29) is 5.71 Å². The molecule has 5 nitrogen and oxygen atoms in total. The lowest BCUT2D eigenvalue weighted by Gasteiger charge is -2.23. The highest BCUT2D eigenvalue weighted by Crippen LogP contribution is 2.48. The first-order valence-electron chi connectivity index (χ1n) is 5.74. The van der Waals surface area contributed by atoms with Gasteiger partial charge >= 0.3 is 0 Å². The first-order valence-corrected chi connectivity index (χ1v) is 8.38. The Morgan fingerprint density at radius 2 is 1.95 bits per heavy atom.